The van der Waals surface area contributed by atoms with E-state index >= 15 is 0 Å². The molecule has 36 valence electrons. The third kappa shape index (κ3) is 3.39. The Labute approximate surface area is 34.9 Å². The molecule has 0 aromatic heterocycles. The molecule has 4 heteroatoms. The average Bonchev–Trinajstić information content (AvgIpc) is 1.35. The van der Waals surface area contributed by atoms with Gasteiger partial charge in [0.15, 0.2) is 0 Å². The summed E-state index contributed by atoms with van der Waals surface area (Å²) in [6.07, 6.45) is -0.338. The maximum absolute atomic E-state index is 8.02. The fourth-order valence-electron chi connectivity index (χ4n) is 0.0683. The van der Waals surface area contributed by atoms with Crippen LogP contribution in [0.3, 0.4) is 0 Å². The van der Waals surface area contributed by atoms with Gasteiger partial charge in [0, 0.05) is 0 Å². The van der Waals surface area contributed by atoms with Gasteiger partial charge in [0.2, 0.25) is 0 Å². The molecular weight excluding hydrogens is 84.0 g/mol. The Morgan fingerprint density at radius 1 is 1.83 bits per heavy atom. The van der Waals surface area contributed by atoms with Gasteiger partial charge in [-0.15, -0.1) is 0 Å². The normalized spacial score (nSPS) is 15.7. The van der Waals surface area contributed by atoms with Crippen molar-refractivity contribution in [1.29, 1.82) is 0 Å². The molecule has 0 aromatic rings. The summed E-state index contributed by atoms with van der Waals surface area (Å²) in [5, 5.41) is 18.0. The molecule has 4 nitrogen and oxygen atoms in total. The van der Waals surface area contributed by atoms with Crippen LogP contribution < -0.4 is 5.73 Å². The second-order valence-electron chi connectivity index (χ2n) is 0.755. The Morgan fingerprint density at radius 2 is 2.33 bits per heavy atom. The quantitative estimate of drug-likeness (QED) is 0.162. The lowest BCUT2D eigenvalue weighted by Crippen LogP contribution is -2.19. The van der Waals surface area contributed by atoms with Crippen LogP contribution in [0.5, 0.6) is 0 Å². The number of hydrogen-bond acceptors (Lipinski definition) is 4. The molecule has 0 aliphatic rings. The van der Waals surface area contributed by atoms with Crippen molar-refractivity contribution < 1.29 is 10.3 Å². The van der Waals surface area contributed by atoms with E-state index in [2.05, 4.69) is 10.9 Å². The molecule has 0 heterocycles. The van der Waals surface area contributed by atoms with E-state index in [1.807, 2.05) is 0 Å². The zero-order valence-electron chi connectivity index (χ0n) is 3.07. The standard InChI is InChI=1S/C2H6N2O2/c3-2(5)1-4-6/h1-2,5-6H,3H2. The molecule has 1 atom stereocenters. The largest absolute Gasteiger partial charge is 0.411 e. The Hall–Kier alpha value is -0.610. The van der Waals surface area contributed by atoms with E-state index in [0.717, 1.165) is 6.21 Å². The van der Waals surface area contributed by atoms with Gasteiger partial charge in [-0.25, -0.2) is 0 Å². The van der Waals surface area contributed by atoms with Crippen LogP contribution in [-0.4, -0.2) is 22.8 Å². The van der Waals surface area contributed by atoms with Gasteiger partial charge in [-0.3, -0.25) is 0 Å². The molecule has 0 saturated carbocycles. The van der Waals surface area contributed by atoms with Crippen molar-refractivity contribution in [3.63, 3.8) is 0 Å². The molecule has 0 aliphatic carbocycles. The topological polar surface area (TPSA) is 78.8 Å². The van der Waals surface area contributed by atoms with E-state index < -0.39 is 6.23 Å². The first-order chi connectivity index (χ1) is 2.77. The van der Waals surface area contributed by atoms with Crippen molar-refractivity contribution in [2.45, 2.75) is 6.23 Å². The Bertz CT molecular complexity index is 51.5. The number of hydrogen-bond donors (Lipinski definition) is 3. The predicted molar refractivity (Wildman–Crippen MR) is 20.5 cm³/mol. The van der Waals surface area contributed by atoms with Gasteiger partial charge in [-0.1, -0.05) is 5.16 Å². The molecule has 0 aliphatic heterocycles. The third-order valence-electron chi connectivity index (χ3n) is 0.219. The van der Waals surface area contributed by atoms with Crippen LogP contribution in [0.4, 0.5) is 0 Å². The van der Waals surface area contributed by atoms with Gasteiger partial charge < -0.3 is 16.0 Å². The summed E-state index contributed by atoms with van der Waals surface area (Å²) in [7, 11) is 0. The van der Waals surface area contributed by atoms with Crippen LogP contribution >= 0.6 is 0 Å². The predicted octanol–water partition coefficient (Wildman–Crippen LogP) is -1.28. The first-order valence-electron chi connectivity index (χ1n) is 1.38. The summed E-state index contributed by atoms with van der Waals surface area (Å²) in [5.41, 5.74) is 4.65. The minimum Gasteiger partial charge on any atom is -0.411 e. The lowest BCUT2D eigenvalue weighted by atomic mass is 10.7. The van der Waals surface area contributed by atoms with Crippen LogP contribution in [0.2, 0.25) is 0 Å². The van der Waals surface area contributed by atoms with Crippen LogP contribution in [0.25, 0.3) is 0 Å². The molecule has 0 bridgehead atoms. The molecular formula is C2H6N2O2. The molecule has 4 N–H and O–H groups in total. The van der Waals surface area contributed by atoms with Crippen molar-refractivity contribution in [2.24, 2.45) is 10.9 Å². The number of aliphatic hydroxyl groups is 1. The molecule has 0 aromatic carbocycles. The zero-order chi connectivity index (χ0) is 4.99. The van der Waals surface area contributed by atoms with Gasteiger partial charge in [0.25, 0.3) is 0 Å². The number of nitrogens with zero attached hydrogens (tertiary/aromatic N) is 1. The maximum Gasteiger partial charge on any atom is 0.142 e. The van der Waals surface area contributed by atoms with E-state index in [1.54, 1.807) is 0 Å². The highest BCUT2D eigenvalue weighted by atomic mass is 16.4. The van der Waals surface area contributed by atoms with Crippen LogP contribution in [0.1, 0.15) is 0 Å². The van der Waals surface area contributed by atoms with Crippen LogP contribution in [-0.2, 0) is 0 Å². The molecule has 1 unspecified atom stereocenters. The van der Waals surface area contributed by atoms with E-state index in [9.17, 15) is 0 Å². The minimum absolute atomic E-state index is 0.806. The SMILES string of the molecule is NC(O)C=NO. The molecule has 0 fully saturated rings. The average molecular weight is 90.1 g/mol. The summed E-state index contributed by atoms with van der Waals surface area (Å²) in [6, 6.07) is 0. The van der Waals surface area contributed by atoms with Crippen molar-refractivity contribution >= 4 is 6.21 Å². The Morgan fingerprint density at radius 3 is 2.33 bits per heavy atom. The highest BCUT2D eigenvalue weighted by molar-refractivity contribution is 5.60. The highest BCUT2D eigenvalue weighted by Gasteiger charge is 1.81. The van der Waals surface area contributed by atoms with Gasteiger partial charge >= 0.3 is 0 Å². The molecule has 0 spiro atoms. The molecule has 0 amide bonds. The number of aliphatic hydroxyl groups excluding tert-OH is 1. The Kier molecular flexibility index (Phi) is 2.35. The number of rotatable bonds is 1. The fraction of sp³-hybridized carbons (Fsp3) is 0.500. The van der Waals surface area contributed by atoms with Crippen molar-refractivity contribution in [2.75, 3.05) is 0 Å². The second-order valence-corrected chi connectivity index (χ2v) is 0.755. The van der Waals surface area contributed by atoms with Crippen molar-refractivity contribution in [3.8, 4) is 0 Å². The lowest BCUT2D eigenvalue weighted by Gasteiger charge is -1.85. The summed E-state index contributed by atoms with van der Waals surface area (Å²) in [6.45, 7) is 0. The van der Waals surface area contributed by atoms with Gasteiger partial charge in [-0.2, -0.15) is 0 Å². The van der Waals surface area contributed by atoms with E-state index in [1.165, 1.54) is 0 Å². The van der Waals surface area contributed by atoms with Crippen LogP contribution in [0, 0.1) is 0 Å². The highest BCUT2D eigenvalue weighted by Crippen LogP contribution is 1.55. The van der Waals surface area contributed by atoms with Gasteiger partial charge in [0.1, 0.15) is 6.23 Å². The van der Waals surface area contributed by atoms with Crippen molar-refractivity contribution in [3.05, 3.63) is 0 Å². The number of nitrogens with two attached hydrogens (primary N) is 1. The molecule has 0 saturated heterocycles. The maximum atomic E-state index is 8.02. The fourth-order valence-corrected chi connectivity index (χ4v) is 0.0683. The first kappa shape index (κ1) is 5.39. The minimum atomic E-state index is -1.14. The van der Waals surface area contributed by atoms with Gasteiger partial charge in [-0.05, 0) is 0 Å². The van der Waals surface area contributed by atoms with Crippen molar-refractivity contribution in [1.82, 2.24) is 0 Å². The summed E-state index contributed by atoms with van der Waals surface area (Å²) in [4.78, 5) is 0. The lowest BCUT2D eigenvalue weighted by molar-refractivity contribution is 0.244. The second kappa shape index (κ2) is 2.62. The smallest absolute Gasteiger partial charge is 0.142 e. The zero-order valence-corrected chi connectivity index (χ0v) is 3.07. The molecule has 0 rings (SSSR count). The van der Waals surface area contributed by atoms with E-state index in [4.69, 9.17) is 10.3 Å². The van der Waals surface area contributed by atoms with E-state index in [0.29, 0.717) is 0 Å². The molecule has 6 heavy (non-hydrogen) atoms. The van der Waals surface area contributed by atoms with E-state index in [-0.39, 0.29) is 0 Å². The third-order valence-corrected chi connectivity index (χ3v) is 0.219. The molecule has 0 radical (unpaired) electrons. The number of oxime groups is 1. The van der Waals surface area contributed by atoms with Gasteiger partial charge in [0.05, 0.1) is 6.21 Å². The summed E-state index contributed by atoms with van der Waals surface area (Å²) in [5.74, 6) is 0. The Balaban J connectivity index is 3.03. The summed E-state index contributed by atoms with van der Waals surface area (Å²) >= 11 is 0. The van der Waals surface area contributed by atoms with Crippen LogP contribution in [0.15, 0.2) is 5.16 Å². The first-order valence-corrected chi connectivity index (χ1v) is 1.38. The summed E-state index contributed by atoms with van der Waals surface area (Å²) < 4.78 is 0. The monoisotopic (exact) mass is 90.0 g/mol.